The molecular formula is C12H16N2O6S. The van der Waals surface area contributed by atoms with Crippen LogP contribution in [0.25, 0.3) is 0 Å². The van der Waals surface area contributed by atoms with Crippen molar-refractivity contribution < 1.29 is 23.2 Å². The van der Waals surface area contributed by atoms with E-state index in [1.54, 1.807) is 6.92 Å². The Hall–Kier alpha value is -2.00. The van der Waals surface area contributed by atoms with Crippen LogP contribution in [0.4, 0.5) is 5.69 Å². The Balaban J connectivity index is 2.94. The van der Waals surface area contributed by atoms with Crippen molar-refractivity contribution in [3.05, 3.63) is 39.9 Å². The highest BCUT2D eigenvalue weighted by Crippen LogP contribution is 2.17. The third-order valence-electron chi connectivity index (χ3n) is 3.05. The molecule has 0 fully saturated rings. The summed E-state index contributed by atoms with van der Waals surface area (Å²) in [5.74, 6) is -1.63. The summed E-state index contributed by atoms with van der Waals surface area (Å²) in [6.07, 6.45) is 0.144. The number of sulfonamides is 1. The molecule has 0 aliphatic carbocycles. The van der Waals surface area contributed by atoms with Gasteiger partial charge in [0.2, 0.25) is 10.0 Å². The van der Waals surface area contributed by atoms with Crippen molar-refractivity contribution in [1.29, 1.82) is 0 Å². The fraction of sp³-hybridized carbons (Fsp3) is 0.417. The molecule has 0 radical (unpaired) electrons. The van der Waals surface area contributed by atoms with E-state index < -0.39 is 32.7 Å². The van der Waals surface area contributed by atoms with Gasteiger partial charge in [-0.05, 0) is 12.0 Å². The third kappa shape index (κ3) is 4.23. The molecule has 1 rings (SSSR count). The zero-order chi connectivity index (χ0) is 16.2. The number of benzene rings is 1. The fourth-order valence-electron chi connectivity index (χ4n) is 1.81. The smallest absolute Gasteiger partial charge is 0.321 e. The molecule has 1 aromatic rings. The number of carbonyl (C=O) groups is 1. The van der Waals surface area contributed by atoms with E-state index in [9.17, 15) is 23.3 Å². The van der Waals surface area contributed by atoms with Gasteiger partial charge in [0.15, 0.2) is 0 Å². The summed E-state index contributed by atoms with van der Waals surface area (Å²) in [6.45, 7) is 1.58. The SMILES string of the molecule is CCC(C(=O)O)N(C)S(=O)(=O)Cc1ccc([N+](=O)[O-])cc1. The van der Waals surface area contributed by atoms with E-state index in [0.29, 0.717) is 5.56 Å². The van der Waals surface area contributed by atoms with Gasteiger partial charge in [-0.2, -0.15) is 4.31 Å². The standard InChI is InChI=1S/C12H16N2O6S/c1-3-11(12(15)16)13(2)21(19,20)8-9-4-6-10(7-5-9)14(17)18/h4-7,11H,3,8H2,1-2H3,(H,15,16). The first-order chi connectivity index (χ1) is 9.69. The second-order valence-electron chi connectivity index (χ2n) is 4.46. The highest BCUT2D eigenvalue weighted by Gasteiger charge is 2.30. The van der Waals surface area contributed by atoms with Gasteiger partial charge in [0, 0.05) is 19.2 Å². The number of nitrogens with zero attached hydrogens (tertiary/aromatic N) is 2. The largest absolute Gasteiger partial charge is 0.480 e. The van der Waals surface area contributed by atoms with E-state index in [2.05, 4.69) is 0 Å². The minimum atomic E-state index is -3.82. The molecule has 0 aromatic heterocycles. The maximum Gasteiger partial charge on any atom is 0.321 e. The lowest BCUT2D eigenvalue weighted by Crippen LogP contribution is -2.42. The van der Waals surface area contributed by atoms with E-state index >= 15 is 0 Å². The van der Waals surface area contributed by atoms with Gasteiger partial charge in [-0.15, -0.1) is 0 Å². The van der Waals surface area contributed by atoms with Gasteiger partial charge in [0.25, 0.3) is 5.69 Å². The second-order valence-corrected chi connectivity index (χ2v) is 6.49. The Bertz CT molecular complexity index is 626. The highest BCUT2D eigenvalue weighted by atomic mass is 32.2. The summed E-state index contributed by atoms with van der Waals surface area (Å²) in [5.41, 5.74) is 0.217. The molecule has 0 amide bonds. The summed E-state index contributed by atoms with van der Waals surface area (Å²) < 4.78 is 25.1. The van der Waals surface area contributed by atoms with E-state index in [1.165, 1.54) is 31.3 Å². The molecule has 0 heterocycles. The maximum absolute atomic E-state index is 12.2. The summed E-state index contributed by atoms with van der Waals surface area (Å²) >= 11 is 0. The maximum atomic E-state index is 12.2. The monoisotopic (exact) mass is 316 g/mol. The van der Waals surface area contributed by atoms with E-state index in [-0.39, 0.29) is 12.1 Å². The van der Waals surface area contributed by atoms with Gasteiger partial charge in [0.05, 0.1) is 10.7 Å². The number of hydrogen-bond donors (Lipinski definition) is 1. The van der Waals surface area contributed by atoms with Crippen LogP contribution in [-0.2, 0) is 20.6 Å². The number of rotatable bonds is 7. The van der Waals surface area contributed by atoms with Gasteiger partial charge < -0.3 is 5.11 Å². The predicted octanol–water partition coefficient (Wildman–Crippen LogP) is 1.22. The van der Waals surface area contributed by atoms with Gasteiger partial charge >= 0.3 is 5.97 Å². The second kappa shape index (κ2) is 6.64. The quantitative estimate of drug-likeness (QED) is 0.597. The normalized spacial score (nSPS) is 13.1. The minimum absolute atomic E-state index is 0.138. The van der Waals surface area contributed by atoms with Crippen molar-refractivity contribution >= 4 is 21.7 Å². The summed E-state index contributed by atoms with van der Waals surface area (Å²) in [4.78, 5) is 21.0. The van der Waals surface area contributed by atoms with Gasteiger partial charge in [-0.1, -0.05) is 19.1 Å². The molecule has 9 heteroatoms. The van der Waals surface area contributed by atoms with Crippen LogP contribution in [0, 0.1) is 10.1 Å². The molecule has 8 nitrogen and oxygen atoms in total. The lowest BCUT2D eigenvalue weighted by atomic mass is 10.2. The van der Waals surface area contributed by atoms with Crippen LogP contribution in [0.2, 0.25) is 0 Å². The Morgan fingerprint density at radius 2 is 1.90 bits per heavy atom. The van der Waals surface area contributed by atoms with Crippen molar-refractivity contribution in [3.8, 4) is 0 Å². The van der Waals surface area contributed by atoms with Crippen molar-refractivity contribution in [3.63, 3.8) is 0 Å². The minimum Gasteiger partial charge on any atom is -0.480 e. The molecule has 1 atom stereocenters. The molecule has 0 saturated carbocycles. The summed E-state index contributed by atoms with van der Waals surface area (Å²) in [7, 11) is -2.61. The van der Waals surface area contributed by atoms with Gasteiger partial charge in [0.1, 0.15) is 6.04 Å². The molecule has 0 aliphatic rings. The van der Waals surface area contributed by atoms with E-state index in [1.807, 2.05) is 0 Å². The number of nitro benzene ring substituents is 1. The molecule has 0 bridgehead atoms. The van der Waals surface area contributed by atoms with Crippen LogP contribution >= 0.6 is 0 Å². The predicted molar refractivity (Wildman–Crippen MR) is 75.2 cm³/mol. The van der Waals surface area contributed by atoms with Gasteiger partial charge in [-0.25, -0.2) is 8.42 Å². The van der Waals surface area contributed by atoms with Crippen LogP contribution in [0.3, 0.4) is 0 Å². The lowest BCUT2D eigenvalue weighted by molar-refractivity contribution is -0.384. The van der Waals surface area contributed by atoms with Crippen LogP contribution in [0.15, 0.2) is 24.3 Å². The van der Waals surface area contributed by atoms with Gasteiger partial charge in [-0.3, -0.25) is 14.9 Å². The Kier molecular flexibility index (Phi) is 5.39. The Labute approximate surface area is 122 Å². The first-order valence-corrected chi connectivity index (χ1v) is 7.71. The molecule has 0 aliphatic heterocycles. The van der Waals surface area contributed by atoms with E-state index in [0.717, 1.165) is 4.31 Å². The van der Waals surface area contributed by atoms with Crippen LogP contribution < -0.4 is 0 Å². The molecule has 0 spiro atoms. The van der Waals surface area contributed by atoms with Crippen LogP contribution in [-0.4, -0.2) is 41.8 Å². The van der Waals surface area contributed by atoms with Crippen LogP contribution in [0.1, 0.15) is 18.9 Å². The van der Waals surface area contributed by atoms with Crippen molar-refractivity contribution in [2.24, 2.45) is 0 Å². The highest BCUT2D eigenvalue weighted by molar-refractivity contribution is 7.88. The number of aliphatic carboxylic acids is 1. The number of likely N-dealkylation sites (N-methyl/N-ethyl adjacent to an activating group) is 1. The number of carboxylic acid groups (broad SMARTS) is 1. The lowest BCUT2D eigenvalue weighted by Gasteiger charge is -2.23. The Morgan fingerprint density at radius 1 is 1.38 bits per heavy atom. The molecule has 0 saturated heterocycles. The summed E-state index contributed by atoms with van der Waals surface area (Å²) in [6, 6.07) is 3.96. The van der Waals surface area contributed by atoms with Crippen molar-refractivity contribution in [2.75, 3.05) is 7.05 Å². The first-order valence-electron chi connectivity index (χ1n) is 6.11. The van der Waals surface area contributed by atoms with Crippen molar-refractivity contribution in [1.82, 2.24) is 4.31 Å². The number of non-ortho nitro benzene ring substituents is 1. The fourth-order valence-corrected chi connectivity index (χ4v) is 3.25. The van der Waals surface area contributed by atoms with Crippen LogP contribution in [0.5, 0.6) is 0 Å². The number of hydrogen-bond acceptors (Lipinski definition) is 5. The topological polar surface area (TPSA) is 118 Å². The first kappa shape index (κ1) is 17.1. The third-order valence-corrected chi connectivity index (χ3v) is 4.88. The zero-order valence-electron chi connectivity index (χ0n) is 11.6. The molecule has 1 aromatic carbocycles. The number of carboxylic acids is 1. The number of nitro groups is 1. The van der Waals surface area contributed by atoms with E-state index in [4.69, 9.17) is 5.11 Å². The molecule has 1 unspecified atom stereocenters. The average Bonchev–Trinajstić information content (AvgIpc) is 2.39. The molecular weight excluding hydrogens is 300 g/mol. The Morgan fingerprint density at radius 3 is 2.29 bits per heavy atom. The van der Waals surface area contributed by atoms with Crippen molar-refractivity contribution in [2.45, 2.75) is 25.1 Å². The molecule has 1 N–H and O–H groups in total. The zero-order valence-corrected chi connectivity index (χ0v) is 12.4. The molecule has 116 valence electrons. The molecule has 21 heavy (non-hydrogen) atoms. The summed E-state index contributed by atoms with van der Waals surface area (Å²) in [5, 5.41) is 19.5. The average molecular weight is 316 g/mol.